The third-order valence-electron chi connectivity index (χ3n) is 8.85. The van der Waals surface area contributed by atoms with Crippen molar-refractivity contribution in [2.75, 3.05) is 47.5 Å². The fourth-order valence-corrected chi connectivity index (χ4v) is 6.20. The molecule has 314 valence electrons. The van der Waals surface area contributed by atoms with Crippen LogP contribution in [0.5, 0.6) is 0 Å². The molecule has 0 saturated heterocycles. The molecule has 0 aliphatic carbocycles. The van der Waals surface area contributed by atoms with Crippen LogP contribution in [0.25, 0.3) is 0 Å². The van der Waals surface area contributed by atoms with Crippen molar-refractivity contribution in [3.63, 3.8) is 0 Å². The summed E-state index contributed by atoms with van der Waals surface area (Å²) in [5.74, 6) is -0.900. The molecule has 0 bridgehead atoms. The van der Waals surface area contributed by atoms with Crippen LogP contribution in [0.15, 0.2) is 48.6 Å². The lowest BCUT2D eigenvalue weighted by molar-refractivity contribution is -0.870. The summed E-state index contributed by atoms with van der Waals surface area (Å²) in [6.45, 7) is 4.12. The number of allylic oxidation sites excluding steroid dienone is 8. The molecule has 0 N–H and O–H groups in total. The maximum Gasteiger partial charge on any atom is 0.306 e. The van der Waals surface area contributed by atoms with Crippen molar-refractivity contribution in [1.29, 1.82) is 0 Å². The molecule has 0 saturated carbocycles. The monoisotopic (exact) mass is 784 g/mol. The van der Waals surface area contributed by atoms with Crippen LogP contribution >= 0.6 is 7.82 Å². The van der Waals surface area contributed by atoms with Gasteiger partial charge >= 0.3 is 11.9 Å². The number of unbranched alkanes of at least 4 members (excludes halogenated alkanes) is 16. The van der Waals surface area contributed by atoms with Crippen molar-refractivity contribution >= 4 is 19.8 Å². The molecule has 0 radical (unpaired) electrons. The van der Waals surface area contributed by atoms with Crippen LogP contribution in [0.4, 0.5) is 0 Å². The quantitative estimate of drug-likeness (QED) is 0.0200. The zero-order chi connectivity index (χ0) is 40.0. The van der Waals surface area contributed by atoms with Gasteiger partial charge in [0.2, 0.25) is 0 Å². The van der Waals surface area contributed by atoms with Gasteiger partial charge in [-0.25, -0.2) is 0 Å². The minimum absolute atomic E-state index is 0.0413. The first kappa shape index (κ1) is 52.0. The summed E-state index contributed by atoms with van der Waals surface area (Å²) in [7, 11) is 1.13. The minimum Gasteiger partial charge on any atom is -0.756 e. The molecule has 1 unspecified atom stereocenters. The number of nitrogens with zero attached hydrogens (tertiary/aromatic N) is 1. The number of hydrogen-bond acceptors (Lipinski definition) is 8. The number of ether oxygens (including phenoxy) is 2. The Morgan fingerprint density at radius 1 is 0.648 bits per heavy atom. The maximum atomic E-state index is 12.6. The van der Waals surface area contributed by atoms with Crippen LogP contribution in [0.2, 0.25) is 0 Å². The lowest BCUT2D eigenvalue weighted by Crippen LogP contribution is -2.37. The van der Waals surface area contributed by atoms with E-state index in [1.54, 1.807) is 0 Å². The molecular formula is C44H80NO8P. The molecule has 10 heteroatoms. The molecule has 0 amide bonds. The Kier molecular flexibility index (Phi) is 35.2. The lowest BCUT2D eigenvalue weighted by Gasteiger charge is -2.28. The number of likely N-dealkylation sites (N-methyl/N-ethyl adjacent to an activating group) is 1. The molecule has 9 nitrogen and oxygen atoms in total. The summed E-state index contributed by atoms with van der Waals surface area (Å²) in [4.78, 5) is 37.4. The second-order valence-corrected chi connectivity index (χ2v) is 16.8. The maximum absolute atomic E-state index is 12.6. The van der Waals surface area contributed by atoms with Crippen molar-refractivity contribution in [3.05, 3.63) is 48.6 Å². The third-order valence-corrected chi connectivity index (χ3v) is 9.82. The number of hydrogen-bond donors (Lipinski definition) is 0. The molecule has 0 aromatic carbocycles. The van der Waals surface area contributed by atoms with E-state index in [1.807, 2.05) is 27.2 Å². The zero-order valence-electron chi connectivity index (χ0n) is 35.2. The number of rotatable bonds is 38. The number of phosphoric ester groups is 1. The predicted octanol–water partition coefficient (Wildman–Crippen LogP) is 11.3. The van der Waals surface area contributed by atoms with Gasteiger partial charge in [0.1, 0.15) is 19.8 Å². The van der Waals surface area contributed by atoms with E-state index in [0.29, 0.717) is 23.9 Å². The van der Waals surface area contributed by atoms with Gasteiger partial charge in [0, 0.05) is 12.8 Å². The van der Waals surface area contributed by atoms with Gasteiger partial charge in [-0.2, -0.15) is 0 Å². The number of carbonyl (C=O) groups excluding carboxylic acids is 2. The Morgan fingerprint density at radius 3 is 1.63 bits per heavy atom. The van der Waals surface area contributed by atoms with Gasteiger partial charge < -0.3 is 27.9 Å². The van der Waals surface area contributed by atoms with Gasteiger partial charge in [0.25, 0.3) is 7.82 Å². The molecule has 0 heterocycles. The second kappa shape index (κ2) is 36.6. The van der Waals surface area contributed by atoms with E-state index in [0.717, 1.165) is 38.5 Å². The second-order valence-electron chi connectivity index (χ2n) is 15.4. The summed E-state index contributed by atoms with van der Waals surface area (Å²) in [6.07, 6.45) is 41.4. The summed E-state index contributed by atoms with van der Waals surface area (Å²) in [6, 6.07) is 0. The van der Waals surface area contributed by atoms with Gasteiger partial charge in [-0.05, 0) is 51.4 Å². The van der Waals surface area contributed by atoms with Crippen molar-refractivity contribution in [2.45, 2.75) is 174 Å². The molecule has 0 aliphatic rings. The number of phosphoric acid groups is 1. The van der Waals surface area contributed by atoms with E-state index < -0.39 is 32.5 Å². The standard InChI is InChI=1S/C44H80NO8P/c1-6-8-10-12-14-16-18-20-21-22-23-25-27-29-31-33-35-37-44(47)53-42(41-52-54(48,49)51-39-38-45(3,4)5)40-50-43(46)36-34-32-30-28-26-24-19-17-15-13-11-9-7-2/h14,16,20-21,23,25,29,31,42H,6-13,15,17-19,22,24,26-28,30,32-41H2,1-5H3/b16-14-,21-20-,25-23-,31-29-/t42-/m1/s1/i44+2. The summed E-state index contributed by atoms with van der Waals surface area (Å²) in [5.41, 5.74) is 0. The van der Waals surface area contributed by atoms with Gasteiger partial charge in [-0.15, -0.1) is 0 Å². The minimum atomic E-state index is -4.64. The highest BCUT2D eigenvalue weighted by Crippen LogP contribution is 2.38. The topological polar surface area (TPSA) is 111 Å². The first-order valence-corrected chi connectivity index (χ1v) is 22.8. The molecule has 0 aliphatic heterocycles. The van der Waals surface area contributed by atoms with Crippen LogP contribution in [0.1, 0.15) is 168 Å². The van der Waals surface area contributed by atoms with Crippen molar-refractivity contribution in [2.24, 2.45) is 0 Å². The van der Waals surface area contributed by atoms with E-state index in [1.165, 1.54) is 89.9 Å². The van der Waals surface area contributed by atoms with Gasteiger partial charge in [-0.1, -0.05) is 152 Å². The van der Waals surface area contributed by atoms with E-state index in [-0.39, 0.29) is 26.1 Å². The van der Waals surface area contributed by atoms with Crippen molar-refractivity contribution < 1.29 is 42.1 Å². The van der Waals surface area contributed by atoms with Crippen LogP contribution < -0.4 is 4.89 Å². The molecular weight excluding hydrogens is 703 g/mol. The summed E-state index contributed by atoms with van der Waals surface area (Å²) < 4.78 is 33.8. The SMILES string of the molecule is CCCCC/C=C\C/C=C\C/C=C\C/C=C\CCC[14C](=O)O[C@H](COC(=O)CCCCCCCCCCCCCCC)COP(=O)([O-])OCC[N+](C)(C)C. The van der Waals surface area contributed by atoms with Crippen LogP contribution in [-0.2, 0) is 32.7 Å². The molecule has 54 heavy (non-hydrogen) atoms. The molecule has 0 fully saturated rings. The largest absolute Gasteiger partial charge is 0.756 e. The summed E-state index contributed by atoms with van der Waals surface area (Å²) >= 11 is 0. The van der Waals surface area contributed by atoms with Crippen LogP contribution in [0.3, 0.4) is 0 Å². The van der Waals surface area contributed by atoms with Crippen LogP contribution in [-0.4, -0.2) is 70.0 Å². The van der Waals surface area contributed by atoms with E-state index >= 15 is 0 Å². The smallest absolute Gasteiger partial charge is 0.306 e. The average molecular weight is 784 g/mol. The fraction of sp³-hybridized carbons (Fsp3) is 0.773. The molecule has 0 aromatic rings. The fourth-order valence-electron chi connectivity index (χ4n) is 5.47. The number of quaternary nitrogens is 1. The normalized spacial score (nSPS) is 14.1. The highest BCUT2D eigenvalue weighted by molar-refractivity contribution is 7.45. The summed E-state index contributed by atoms with van der Waals surface area (Å²) in [5, 5.41) is 0. The molecule has 0 aromatic heterocycles. The van der Waals surface area contributed by atoms with Gasteiger partial charge in [0.15, 0.2) is 6.10 Å². The molecule has 2 atom stereocenters. The first-order valence-electron chi connectivity index (χ1n) is 21.3. The van der Waals surface area contributed by atoms with Gasteiger partial charge in [-0.3, -0.25) is 14.2 Å². The Morgan fingerprint density at radius 2 is 1.11 bits per heavy atom. The Hall–Kier alpha value is -2.03. The zero-order valence-corrected chi connectivity index (χ0v) is 36.0. The predicted molar refractivity (Wildman–Crippen MR) is 222 cm³/mol. The van der Waals surface area contributed by atoms with Crippen molar-refractivity contribution in [1.82, 2.24) is 0 Å². The van der Waals surface area contributed by atoms with E-state index in [9.17, 15) is 19.0 Å². The number of carbonyl (C=O) groups is 2. The average Bonchev–Trinajstić information content (AvgIpc) is 3.12. The molecule has 0 spiro atoms. The Bertz CT molecular complexity index is 1070. The number of esters is 2. The van der Waals surface area contributed by atoms with Gasteiger partial charge in [0.05, 0.1) is 27.7 Å². The lowest BCUT2D eigenvalue weighted by atomic mass is 10.0. The third kappa shape index (κ3) is 39.7. The highest BCUT2D eigenvalue weighted by Gasteiger charge is 2.21. The van der Waals surface area contributed by atoms with E-state index in [4.69, 9.17) is 18.5 Å². The highest BCUT2D eigenvalue weighted by atomic mass is 31.2. The Labute approximate surface area is 331 Å². The molecule has 0 rings (SSSR count). The first-order chi connectivity index (χ1) is 26.0. The van der Waals surface area contributed by atoms with Crippen LogP contribution in [0, 0.1) is 0 Å². The van der Waals surface area contributed by atoms with Crippen molar-refractivity contribution in [3.8, 4) is 0 Å². The Balaban J connectivity index is 4.49. The van der Waals surface area contributed by atoms with E-state index in [2.05, 4.69) is 56.4 Å².